The Balaban J connectivity index is 2.72. The number of alkyl halides is 3. The Bertz CT molecular complexity index is 428. The number of benzene rings is 1. The number of hydrogen-bond donors (Lipinski definition) is 0. The van der Waals surface area contributed by atoms with Crippen LogP contribution >= 0.6 is 11.3 Å². The molecule has 1 heterocycles. The van der Waals surface area contributed by atoms with Crippen molar-refractivity contribution in [1.29, 1.82) is 0 Å². The molecule has 0 nitrogen and oxygen atoms in total. The monoisotopic (exact) mass is 201 g/mol. The Labute approximate surface area is 76.6 Å². The van der Waals surface area contributed by atoms with E-state index >= 15 is 0 Å². The van der Waals surface area contributed by atoms with Crippen LogP contribution in [0.15, 0.2) is 23.6 Å². The summed E-state index contributed by atoms with van der Waals surface area (Å²) in [5.74, 6) is 0. The summed E-state index contributed by atoms with van der Waals surface area (Å²) < 4.78 is 37.7. The average Bonchev–Trinajstić information content (AvgIpc) is 2.45. The molecule has 1 aromatic heterocycles. The Hall–Kier alpha value is -1.03. The van der Waals surface area contributed by atoms with E-state index in [9.17, 15) is 13.2 Å². The molecule has 0 spiro atoms. The van der Waals surface area contributed by atoms with Crippen LogP contribution < -0.4 is 0 Å². The molecule has 4 heteroatoms. The van der Waals surface area contributed by atoms with Gasteiger partial charge in [0.05, 0.1) is 5.56 Å². The molecule has 0 bridgehead atoms. The van der Waals surface area contributed by atoms with Gasteiger partial charge in [-0.25, -0.2) is 0 Å². The Morgan fingerprint density at radius 2 is 2.08 bits per heavy atom. The molecule has 1 aromatic carbocycles. The minimum Gasteiger partial charge on any atom is -0.166 e. The predicted molar refractivity (Wildman–Crippen MR) is 45.7 cm³/mol. The van der Waals surface area contributed by atoms with Crippen molar-refractivity contribution in [3.63, 3.8) is 0 Å². The molecule has 2 aromatic rings. The molecule has 0 N–H and O–H groups in total. The topological polar surface area (TPSA) is 0 Å². The second-order valence-corrected chi connectivity index (χ2v) is 3.48. The van der Waals surface area contributed by atoms with Gasteiger partial charge in [-0.05, 0) is 12.1 Å². The zero-order chi connectivity index (χ0) is 9.47. The molecule has 0 atom stereocenters. The molecule has 0 aliphatic rings. The first-order valence-corrected chi connectivity index (χ1v) is 4.41. The van der Waals surface area contributed by atoms with Crippen LogP contribution in [-0.2, 0) is 6.18 Å². The molecular formula is C9H4F3S. The maximum atomic E-state index is 12.3. The largest absolute Gasteiger partial charge is 0.417 e. The summed E-state index contributed by atoms with van der Waals surface area (Å²) in [6.07, 6.45) is -4.25. The average molecular weight is 201 g/mol. The van der Waals surface area contributed by atoms with Gasteiger partial charge >= 0.3 is 6.18 Å². The van der Waals surface area contributed by atoms with Crippen LogP contribution in [0.25, 0.3) is 10.1 Å². The van der Waals surface area contributed by atoms with Gasteiger partial charge in [0.2, 0.25) is 0 Å². The van der Waals surface area contributed by atoms with Crippen LogP contribution in [0.4, 0.5) is 13.2 Å². The number of fused-ring (bicyclic) bond motifs is 1. The summed E-state index contributed by atoms with van der Waals surface area (Å²) in [6, 6.07) is 7.24. The summed E-state index contributed by atoms with van der Waals surface area (Å²) in [4.78, 5) is 0. The highest BCUT2D eigenvalue weighted by Gasteiger charge is 2.33. The van der Waals surface area contributed by atoms with E-state index in [2.05, 4.69) is 6.07 Å². The van der Waals surface area contributed by atoms with E-state index in [0.29, 0.717) is 4.70 Å². The number of hydrogen-bond acceptors (Lipinski definition) is 1. The van der Waals surface area contributed by atoms with E-state index < -0.39 is 11.7 Å². The molecule has 0 fully saturated rings. The molecule has 1 radical (unpaired) electrons. The Morgan fingerprint density at radius 3 is 2.77 bits per heavy atom. The first-order valence-electron chi connectivity index (χ1n) is 3.53. The summed E-state index contributed by atoms with van der Waals surface area (Å²) in [5, 5.41) is 1.40. The first kappa shape index (κ1) is 8.56. The van der Waals surface area contributed by atoms with Crippen molar-refractivity contribution in [3.05, 3.63) is 35.2 Å². The minimum atomic E-state index is -4.25. The summed E-state index contributed by atoms with van der Waals surface area (Å²) >= 11 is 1.09. The van der Waals surface area contributed by atoms with Crippen LogP contribution in [0.5, 0.6) is 0 Å². The van der Waals surface area contributed by atoms with Gasteiger partial charge in [0.25, 0.3) is 0 Å². The Kier molecular flexibility index (Phi) is 1.80. The quantitative estimate of drug-likeness (QED) is 0.609. The molecule has 0 saturated carbocycles. The van der Waals surface area contributed by atoms with Gasteiger partial charge in [0, 0.05) is 15.5 Å². The lowest BCUT2D eigenvalue weighted by Crippen LogP contribution is -2.02. The first-order chi connectivity index (χ1) is 6.09. The minimum absolute atomic E-state index is 0.260. The molecule has 67 valence electrons. The molecule has 2 rings (SSSR count). The van der Waals surface area contributed by atoms with Gasteiger partial charge in [-0.1, -0.05) is 12.1 Å². The lowest BCUT2D eigenvalue weighted by atomic mass is 10.2. The third-order valence-corrected chi connectivity index (χ3v) is 2.67. The van der Waals surface area contributed by atoms with Crippen LogP contribution in [-0.4, -0.2) is 0 Å². The van der Waals surface area contributed by atoms with Crippen LogP contribution in [0.3, 0.4) is 0 Å². The van der Waals surface area contributed by atoms with Crippen molar-refractivity contribution < 1.29 is 13.2 Å². The molecule has 0 amide bonds. The maximum Gasteiger partial charge on any atom is 0.417 e. The van der Waals surface area contributed by atoms with Crippen LogP contribution in [0, 0.1) is 6.07 Å². The van der Waals surface area contributed by atoms with Crippen molar-refractivity contribution in [2.45, 2.75) is 6.18 Å². The Morgan fingerprint density at radius 1 is 1.31 bits per heavy atom. The summed E-state index contributed by atoms with van der Waals surface area (Å²) in [6.45, 7) is 0. The lowest BCUT2D eigenvalue weighted by Gasteiger charge is -2.03. The van der Waals surface area contributed by atoms with Gasteiger partial charge in [-0.3, -0.25) is 0 Å². The van der Waals surface area contributed by atoms with E-state index in [1.165, 1.54) is 12.1 Å². The molecule has 13 heavy (non-hydrogen) atoms. The number of halogens is 3. The fourth-order valence-corrected chi connectivity index (χ4v) is 2.09. The highest BCUT2D eigenvalue weighted by atomic mass is 32.1. The normalized spacial score (nSPS) is 12.2. The van der Waals surface area contributed by atoms with Gasteiger partial charge < -0.3 is 0 Å². The van der Waals surface area contributed by atoms with E-state index in [4.69, 9.17) is 0 Å². The van der Waals surface area contributed by atoms with Crippen LogP contribution in [0.2, 0.25) is 0 Å². The van der Waals surface area contributed by atoms with Gasteiger partial charge in [-0.2, -0.15) is 13.2 Å². The molecule has 0 unspecified atom stereocenters. The van der Waals surface area contributed by atoms with E-state index in [1.807, 2.05) is 0 Å². The van der Waals surface area contributed by atoms with Crippen molar-refractivity contribution in [2.24, 2.45) is 0 Å². The highest BCUT2D eigenvalue weighted by molar-refractivity contribution is 7.17. The van der Waals surface area contributed by atoms with Gasteiger partial charge in [0.15, 0.2) is 0 Å². The zero-order valence-corrected chi connectivity index (χ0v) is 7.17. The maximum absolute atomic E-state index is 12.3. The standard InChI is InChI=1S/C9H4F3S/c10-9(11,12)7-5-13-8-4-2-1-3-6(7)8/h1,3-5H. The number of thiophene rings is 1. The van der Waals surface area contributed by atoms with E-state index in [-0.39, 0.29) is 5.39 Å². The zero-order valence-electron chi connectivity index (χ0n) is 6.35. The second kappa shape index (κ2) is 2.73. The van der Waals surface area contributed by atoms with Crippen LogP contribution in [0.1, 0.15) is 5.56 Å². The third kappa shape index (κ3) is 1.42. The van der Waals surface area contributed by atoms with Crippen molar-refractivity contribution in [1.82, 2.24) is 0 Å². The van der Waals surface area contributed by atoms with E-state index in [1.54, 1.807) is 6.07 Å². The molecule has 0 aliphatic carbocycles. The van der Waals surface area contributed by atoms with Gasteiger partial charge in [-0.15, -0.1) is 11.3 Å². The smallest absolute Gasteiger partial charge is 0.166 e. The van der Waals surface area contributed by atoms with E-state index in [0.717, 1.165) is 16.7 Å². The fourth-order valence-electron chi connectivity index (χ4n) is 1.14. The van der Waals surface area contributed by atoms with Crippen molar-refractivity contribution >= 4 is 21.4 Å². The highest BCUT2D eigenvalue weighted by Crippen LogP contribution is 2.37. The molecule has 0 saturated heterocycles. The SMILES string of the molecule is FC(F)(F)c1csc2c[c]ccc12. The summed E-state index contributed by atoms with van der Waals surface area (Å²) in [7, 11) is 0. The third-order valence-electron chi connectivity index (χ3n) is 1.73. The fraction of sp³-hybridized carbons (Fsp3) is 0.111. The lowest BCUT2D eigenvalue weighted by molar-refractivity contribution is -0.136. The van der Waals surface area contributed by atoms with Gasteiger partial charge in [0.1, 0.15) is 0 Å². The van der Waals surface area contributed by atoms with Crippen molar-refractivity contribution in [3.8, 4) is 0 Å². The summed E-state index contributed by atoms with van der Waals surface area (Å²) in [5.41, 5.74) is -0.554. The molecular weight excluding hydrogens is 197 g/mol. The predicted octanol–water partition coefficient (Wildman–Crippen LogP) is 3.72. The van der Waals surface area contributed by atoms with Crippen molar-refractivity contribution in [2.75, 3.05) is 0 Å². The molecule has 0 aliphatic heterocycles. The number of rotatable bonds is 0. The second-order valence-electron chi connectivity index (χ2n) is 2.57.